The average molecular weight is 853 g/mol. The lowest BCUT2D eigenvalue weighted by atomic mass is 9.95. The highest BCUT2D eigenvalue weighted by atomic mass is 32.5. The van der Waals surface area contributed by atoms with Gasteiger partial charge in [-0.05, 0) is 31.0 Å². The number of hydrogen-bond acceptors (Lipinski definition) is 20. The van der Waals surface area contributed by atoms with Gasteiger partial charge in [0.2, 0.25) is 6.29 Å². The minimum absolute atomic E-state index is 0.0555. The number of carbonyl (C=O) groups is 5. The minimum Gasteiger partial charge on any atom is -0.463 e. The van der Waals surface area contributed by atoms with Crippen molar-refractivity contribution >= 4 is 73.2 Å². The zero-order chi connectivity index (χ0) is 40.5. The summed E-state index contributed by atoms with van der Waals surface area (Å²) in [6.07, 6.45) is -16.4. The normalized spacial score (nSPS) is 31.6. The van der Waals surface area contributed by atoms with Crippen molar-refractivity contribution in [2.24, 2.45) is 5.73 Å². The molecule has 3 aliphatic heterocycles. The number of amides is 1. The van der Waals surface area contributed by atoms with Crippen LogP contribution >= 0.6 is 25.9 Å². The number of rotatable bonds is 15. The number of hydrogen-bond donors (Lipinski definition) is 4. The van der Waals surface area contributed by atoms with Crippen molar-refractivity contribution in [3.05, 3.63) is 15.8 Å². The van der Waals surface area contributed by atoms with E-state index < -0.39 is 125 Å². The Labute approximate surface area is 315 Å². The van der Waals surface area contributed by atoms with E-state index in [0.29, 0.717) is 5.56 Å². The summed E-state index contributed by atoms with van der Waals surface area (Å²) in [5, 5.41) is 1.55. The number of ether oxygens (including phenoxy) is 8. The van der Waals surface area contributed by atoms with Gasteiger partial charge in [0, 0.05) is 33.3 Å². The van der Waals surface area contributed by atoms with Crippen LogP contribution in [0.1, 0.15) is 62.9 Å². The van der Waals surface area contributed by atoms with E-state index in [4.69, 9.17) is 69.8 Å². The molecule has 0 saturated carbocycles. The molecule has 26 heteroatoms. The number of carbonyl (C=O) groups excluding carboxylic acids is 5. The van der Waals surface area contributed by atoms with E-state index in [9.17, 15) is 38.3 Å². The Morgan fingerprint density at radius 2 is 1.54 bits per heavy atom. The average Bonchev–Trinajstić information content (AvgIpc) is 3.65. The number of fused-ring (bicyclic) bond motifs is 1. The van der Waals surface area contributed by atoms with Gasteiger partial charge in [0.1, 0.15) is 42.0 Å². The number of phosphoric acid groups is 1. The molecule has 2 unspecified atom stereocenters. The fraction of sp³-hybridized carbons (Fsp3) is 0.679. The van der Waals surface area contributed by atoms with E-state index in [1.807, 2.05) is 0 Å². The monoisotopic (exact) mass is 852 g/mol. The molecule has 1 aromatic rings. The zero-order valence-corrected chi connectivity index (χ0v) is 32.8. The van der Waals surface area contributed by atoms with E-state index in [-0.39, 0.29) is 10.6 Å². The first-order chi connectivity index (χ1) is 24.9. The third-order valence-electron chi connectivity index (χ3n) is 7.62. The Balaban J connectivity index is 1.55. The third kappa shape index (κ3) is 11.0. The number of nitrogens with two attached hydrogens (primary N) is 2. The molecule has 3 aliphatic rings. The Bertz CT molecular complexity index is 1710. The molecular weight excluding hydrogens is 813 g/mol. The first-order valence-corrected chi connectivity index (χ1v) is 20.7. The van der Waals surface area contributed by atoms with Gasteiger partial charge in [-0.15, -0.1) is 11.3 Å². The summed E-state index contributed by atoms with van der Waals surface area (Å²) in [5.74, 6) is -6.03. The molecule has 4 rings (SSSR count). The van der Waals surface area contributed by atoms with Crippen LogP contribution in [-0.4, -0.2) is 114 Å². The highest BCUT2D eigenvalue weighted by Crippen LogP contribution is 2.62. The Morgan fingerprint density at radius 3 is 2.09 bits per heavy atom. The third-order valence-corrected chi connectivity index (χ3v) is 12.2. The summed E-state index contributed by atoms with van der Waals surface area (Å²) in [7, 11) is -5.69. The summed E-state index contributed by atoms with van der Waals surface area (Å²) in [6, 6.07) is 0. The van der Waals surface area contributed by atoms with Crippen LogP contribution in [0.25, 0.3) is 0 Å². The lowest BCUT2D eigenvalue weighted by Crippen LogP contribution is -2.64. The maximum atomic E-state index is 15.5. The molecule has 0 spiro atoms. The van der Waals surface area contributed by atoms with Crippen molar-refractivity contribution in [1.82, 2.24) is 0 Å². The molecule has 1 amide bonds. The summed E-state index contributed by atoms with van der Waals surface area (Å²) < 4.78 is 87.7. The number of phosphoric ester groups is 1. The summed E-state index contributed by atoms with van der Waals surface area (Å²) in [5.41, 5.74) is 12.0. The highest BCUT2D eigenvalue weighted by Gasteiger charge is 2.58. The van der Waals surface area contributed by atoms with Gasteiger partial charge in [0.15, 0.2) is 30.3 Å². The topological polar surface area (TPSA) is 296 Å². The number of thiophene rings is 1. The number of nitrogen functional groups attached to an aromatic ring is 1. The molecule has 304 valence electrons. The Hall–Kier alpha value is -2.70. The maximum absolute atomic E-state index is 15.5. The Kier molecular flexibility index (Phi) is 14.0. The second kappa shape index (κ2) is 17.2. The van der Waals surface area contributed by atoms with E-state index in [2.05, 4.69) is 4.74 Å². The largest absolute Gasteiger partial charge is 0.481 e. The van der Waals surface area contributed by atoms with Gasteiger partial charge in [-0.1, -0.05) is 0 Å². The van der Waals surface area contributed by atoms with Gasteiger partial charge in [0.05, 0.1) is 12.3 Å². The molecule has 0 aromatic carbocycles. The van der Waals surface area contributed by atoms with Crippen LogP contribution in [0.2, 0.25) is 0 Å². The standard InChI is InChI=1S/C28H39FN2O19P2S2/c1-10(32)40-7-15(29)19-21(42-11(2)33)22(43-12(3)34)24(44-13(4)35)27(46-19)49-51(37,38)50-52(39,53)41-8-16-20-23(48-28(5,6)47-20)18(45-16)14-9-54-25(17(14)30)26(31)36/h9,15-16,18-24,27H,7-8,30H2,1-6H3,(H2,31,36)(H,37,38)(H,39,53)/t15-,16+,18-,19+,20+,21+,22-,23-,24-,27-,52?/m0/s1. The molecule has 1 aromatic heterocycles. The molecule has 54 heavy (non-hydrogen) atoms. The van der Waals surface area contributed by atoms with Gasteiger partial charge in [0.25, 0.3) is 5.91 Å². The number of alkyl halides is 1. The number of anilines is 1. The van der Waals surface area contributed by atoms with Gasteiger partial charge < -0.3 is 63.7 Å². The number of primary amides is 1. The van der Waals surface area contributed by atoms with E-state index >= 15 is 4.39 Å². The van der Waals surface area contributed by atoms with Crippen molar-refractivity contribution in [3.8, 4) is 0 Å². The second-order valence-electron chi connectivity index (χ2n) is 12.4. The molecule has 4 heterocycles. The van der Waals surface area contributed by atoms with Crippen LogP contribution in [0.3, 0.4) is 0 Å². The smallest absolute Gasteiger partial charge is 0.463 e. The van der Waals surface area contributed by atoms with E-state index in [1.54, 1.807) is 19.2 Å². The molecular formula is C28H39FN2O19P2S2. The van der Waals surface area contributed by atoms with Crippen molar-refractivity contribution in [3.63, 3.8) is 0 Å². The molecule has 3 saturated heterocycles. The number of esters is 4. The Morgan fingerprint density at radius 1 is 0.963 bits per heavy atom. The molecule has 0 aliphatic carbocycles. The molecule has 6 N–H and O–H groups in total. The van der Waals surface area contributed by atoms with Crippen LogP contribution in [0.15, 0.2) is 5.38 Å². The van der Waals surface area contributed by atoms with Crippen LogP contribution in [0.4, 0.5) is 10.1 Å². The van der Waals surface area contributed by atoms with Crippen LogP contribution in [0, 0.1) is 0 Å². The van der Waals surface area contributed by atoms with Crippen LogP contribution in [-0.2, 0) is 86.8 Å². The molecule has 21 nitrogen and oxygen atoms in total. The fourth-order valence-electron chi connectivity index (χ4n) is 5.80. The highest BCUT2D eigenvalue weighted by molar-refractivity contribution is 8.08. The molecule has 12 atom stereocenters. The SMILES string of the molecule is CC(=O)OC[C@H](F)[C@H]1O[C@@H](OP(=O)(O)OP(O)(=S)OC[C@H]2O[C@@H](c3csc(C(N)=O)c3N)[C@@H]3OC(C)(C)O[C@@H]32)[C@@H](OC(C)=O)[C@@H](OC(C)=O)[C@@H]1OC(C)=O. The van der Waals surface area contributed by atoms with E-state index in [1.165, 1.54) is 0 Å². The second-order valence-corrected chi connectivity index (χ2v) is 17.6. The van der Waals surface area contributed by atoms with Gasteiger partial charge in [-0.2, -0.15) is 0 Å². The quantitative estimate of drug-likeness (QED) is 0.109. The van der Waals surface area contributed by atoms with Gasteiger partial charge in [-0.25, -0.2) is 13.3 Å². The van der Waals surface area contributed by atoms with Gasteiger partial charge in [-0.3, -0.25) is 28.5 Å². The lowest BCUT2D eigenvalue weighted by Gasteiger charge is -2.44. The predicted molar refractivity (Wildman–Crippen MR) is 180 cm³/mol. The van der Waals surface area contributed by atoms with Crippen molar-refractivity contribution in [1.29, 1.82) is 0 Å². The van der Waals surface area contributed by atoms with Crippen molar-refractivity contribution in [2.75, 3.05) is 18.9 Å². The summed E-state index contributed by atoms with van der Waals surface area (Å²) in [6.45, 7) is 0.466. The van der Waals surface area contributed by atoms with Crippen molar-refractivity contribution in [2.45, 2.75) is 109 Å². The summed E-state index contributed by atoms with van der Waals surface area (Å²) >= 11 is 5.94. The van der Waals surface area contributed by atoms with Crippen LogP contribution in [0.5, 0.6) is 0 Å². The lowest BCUT2D eigenvalue weighted by molar-refractivity contribution is -0.296. The zero-order valence-electron chi connectivity index (χ0n) is 29.3. The fourth-order valence-corrected chi connectivity index (χ4v) is 9.76. The minimum atomic E-state index is -5.69. The molecule has 0 bridgehead atoms. The van der Waals surface area contributed by atoms with E-state index in [0.717, 1.165) is 39.0 Å². The summed E-state index contributed by atoms with van der Waals surface area (Å²) in [4.78, 5) is 81.0. The molecule has 3 fully saturated rings. The first-order valence-electron chi connectivity index (χ1n) is 15.7. The number of halogens is 1. The van der Waals surface area contributed by atoms with Crippen molar-refractivity contribution < 1.29 is 94.0 Å². The first kappa shape index (κ1) is 44.0. The van der Waals surface area contributed by atoms with Crippen LogP contribution < -0.4 is 11.5 Å². The predicted octanol–water partition coefficient (Wildman–Crippen LogP) is 1.18. The van der Waals surface area contributed by atoms with Gasteiger partial charge >= 0.3 is 38.4 Å². The maximum Gasteiger partial charge on any atom is 0.481 e. The molecule has 0 radical (unpaired) electrons.